The number of nitrogens with one attached hydrogen (secondary N) is 2. The van der Waals surface area contributed by atoms with Gasteiger partial charge in [0.2, 0.25) is 0 Å². The molecule has 2 aliphatic rings. The van der Waals surface area contributed by atoms with E-state index in [0.717, 1.165) is 38.0 Å². The van der Waals surface area contributed by atoms with Gasteiger partial charge in [0.05, 0.1) is 0 Å². The maximum Gasteiger partial charge on any atom is 0.257 e. The quantitative estimate of drug-likeness (QED) is 0.304. The molecule has 4 unspecified atom stereocenters. The lowest BCUT2D eigenvalue weighted by molar-refractivity contribution is 0.0599. The van der Waals surface area contributed by atoms with Crippen LogP contribution >= 0.6 is 24.8 Å². The fourth-order valence-electron chi connectivity index (χ4n) is 4.86. The zero-order valence-electron chi connectivity index (χ0n) is 18.1. The van der Waals surface area contributed by atoms with Gasteiger partial charge in [-0.1, -0.05) is 57.2 Å². The molecule has 0 heterocycles. The Morgan fingerprint density at radius 3 is 2.67 bits per heavy atom. The number of allylic oxidation sites excluding steroid dienone is 2. The number of hydrogen-bond donors (Lipinski definition) is 3. The van der Waals surface area contributed by atoms with Crippen molar-refractivity contribution in [3.05, 3.63) is 54.6 Å². The van der Waals surface area contributed by atoms with Gasteiger partial charge in [-0.25, -0.2) is 0 Å². The van der Waals surface area contributed by atoms with Crippen molar-refractivity contribution in [1.82, 2.24) is 10.6 Å². The Kier molecular flexibility index (Phi) is 7.88. The van der Waals surface area contributed by atoms with Gasteiger partial charge in [0.15, 0.2) is 5.56 Å². The summed E-state index contributed by atoms with van der Waals surface area (Å²) in [5.41, 5.74) is -0.0412. The Bertz CT molecular complexity index is 766. The number of thiocarbonyl (C=S) groups is 1. The van der Waals surface area contributed by atoms with Gasteiger partial charge in [0.25, 0.3) is 5.17 Å². The Balaban J connectivity index is 1.52. The van der Waals surface area contributed by atoms with E-state index in [4.69, 9.17) is 21.7 Å². The number of thiol groups is 1. The van der Waals surface area contributed by atoms with Crippen molar-refractivity contribution in [2.24, 2.45) is 10.8 Å². The molecule has 2 aliphatic carbocycles. The van der Waals surface area contributed by atoms with Crippen molar-refractivity contribution >= 4 is 30.0 Å². The molecule has 1 aromatic carbocycles. The third kappa shape index (κ3) is 7.33. The number of benzene rings is 1. The lowest BCUT2D eigenvalue weighted by Crippen LogP contribution is -2.51. The standard InChI is InChI=1S/C24H34N2O2S2/c1-23(2)14-18(26-22(30)28-20-12-8-5-9-13-20)15-24(3,16-23)17-25-21(29)27-19-10-6-4-7-11-19/h4-10,12-13,18-19,22,26,30H,11,14-17H2,1-3H3,(H,25,29). The van der Waals surface area contributed by atoms with Crippen LogP contribution < -0.4 is 15.4 Å². The first kappa shape index (κ1) is 23.2. The Labute approximate surface area is 191 Å². The van der Waals surface area contributed by atoms with E-state index in [9.17, 15) is 0 Å². The Hall–Kier alpha value is -1.50. The summed E-state index contributed by atoms with van der Waals surface area (Å²) in [5.74, 6) is 0.818. The number of rotatable bonds is 7. The zero-order valence-corrected chi connectivity index (χ0v) is 19.8. The van der Waals surface area contributed by atoms with E-state index in [0.29, 0.717) is 11.2 Å². The molecule has 3 rings (SSSR count). The average Bonchev–Trinajstić information content (AvgIpc) is 2.66. The van der Waals surface area contributed by atoms with Crippen LogP contribution in [0.5, 0.6) is 5.75 Å². The smallest absolute Gasteiger partial charge is 0.257 e. The second-order valence-electron chi connectivity index (χ2n) is 9.55. The SMILES string of the molecule is CC1(C)CC(NC(S)Oc2ccccc2)CC(C)(CNC(=S)OC2C=CC=CC2)C1. The van der Waals surface area contributed by atoms with Crippen LogP contribution in [0.3, 0.4) is 0 Å². The van der Waals surface area contributed by atoms with E-state index in [1.165, 1.54) is 0 Å². The molecule has 0 amide bonds. The minimum atomic E-state index is -0.348. The van der Waals surface area contributed by atoms with Crippen molar-refractivity contribution in [1.29, 1.82) is 0 Å². The van der Waals surface area contributed by atoms with E-state index >= 15 is 0 Å². The number of hydrogen-bond acceptors (Lipinski definition) is 5. The summed E-state index contributed by atoms with van der Waals surface area (Å²) < 4.78 is 11.8. The monoisotopic (exact) mass is 446 g/mol. The van der Waals surface area contributed by atoms with E-state index < -0.39 is 0 Å². The maximum atomic E-state index is 5.92. The Morgan fingerprint density at radius 2 is 1.97 bits per heavy atom. The molecule has 0 saturated heterocycles. The van der Waals surface area contributed by atoms with Crippen LogP contribution in [-0.4, -0.2) is 29.4 Å². The van der Waals surface area contributed by atoms with E-state index in [2.05, 4.69) is 50.1 Å². The van der Waals surface area contributed by atoms with E-state index in [-0.39, 0.29) is 22.5 Å². The van der Waals surface area contributed by atoms with Crippen LogP contribution in [0.1, 0.15) is 46.5 Å². The van der Waals surface area contributed by atoms with Crippen molar-refractivity contribution in [2.45, 2.75) is 64.2 Å². The largest absolute Gasteiger partial charge is 0.466 e. The number of ether oxygens (including phenoxy) is 2. The Morgan fingerprint density at radius 1 is 1.20 bits per heavy atom. The summed E-state index contributed by atoms with van der Waals surface area (Å²) in [4.78, 5) is 0. The highest BCUT2D eigenvalue weighted by Crippen LogP contribution is 2.46. The summed E-state index contributed by atoms with van der Waals surface area (Å²) in [7, 11) is 0. The molecular weight excluding hydrogens is 412 g/mol. The van der Waals surface area contributed by atoms with Crippen LogP contribution in [0.15, 0.2) is 54.6 Å². The first-order valence-corrected chi connectivity index (χ1v) is 11.6. The predicted molar refractivity (Wildman–Crippen MR) is 131 cm³/mol. The summed E-state index contributed by atoms with van der Waals surface area (Å²) in [6.07, 6.45) is 12.3. The molecule has 1 aromatic rings. The van der Waals surface area contributed by atoms with Gasteiger partial charge < -0.3 is 14.8 Å². The molecule has 1 saturated carbocycles. The van der Waals surface area contributed by atoms with E-state index in [1.54, 1.807) is 0 Å². The van der Waals surface area contributed by atoms with Crippen LogP contribution in [0.25, 0.3) is 0 Å². The van der Waals surface area contributed by atoms with Crippen molar-refractivity contribution in [3.8, 4) is 5.75 Å². The van der Waals surface area contributed by atoms with Gasteiger partial charge in [-0.3, -0.25) is 5.32 Å². The molecule has 4 atom stereocenters. The predicted octanol–water partition coefficient (Wildman–Crippen LogP) is 5.23. The molecule has 164 valence electrons. The summed E-state index contributed by atoms with van der Waals surface area (Å²) in [6.45, 7) is 7.78. The third-order valence-corrected chi connectivity index (χ3v) is 6.17. The fourth-order valence-corrected chi connectivity index (χ4v) is 5.39. The van der Waals surface area contributed by atoms with Crippen molar-refractivity contribution in [3.63, 3.8) is 0 Å². The average molecular weight is 447 g/mol. The van der Waals surface area contributed by atoms with Crippen LogP contribution in [-0.2, 0) is 4.74 Å². The maximum absolute atomic E-state index is 5.92. The molecule has 30 heavy (non-hydrogen) atoms. The minimum Gasteiger partial charge on any atom is -0.466 e. The van der Waals surface area contributed by atoms with Crippen LogP contribution in [0.2, 0.25) is 0 Å². The molecular formula is C24H34N2O2S2. The molecule has 0 aromatic heterocycles. The highest BCUT2D eigenvalue weighted by molar-refractivity contribution is 7.80. The molecule has 1 fully saturated rings. The molecule has 0 spiro atoms. The van der Waals surface area contributed by atoms with Crippen molar-refractivity contribution in [2.75, 3.05) is 6.54 Å². The lowest BCUT2D eigenvalue weighted by Gasteiger charge is -2.47. The van der Waals surface area contributed by atoms with Gasteiger partial charge in [0, 0.05) is 19.0 Å². The fraction of sp³-hybridized carbons (Fsp3) is 0.542. The van der Waals surface area contributed by atoms with Gasteiger partial charge in [-0.2, -0.15) is 0 Å². The second kappa shape index (κ2) is 10.2. The molecule has 4 nitrogen and oxygen atoms in total. The van der Waals surface area contributed by atoms with Crippen LogP contribution in [0.4, 0.5) is 0 Å². The first-order chi connectivity index (χ1) is 14.2. The molecule has 0 bridgehead atoms. The second-order valence-corrected chi connectivity index (χ2v) is 10.4. The van der Waals surface area contributed by atoms with Gasteiger partial charge in [-0.15, -0.1) is 12.6 Å². The van der Waals surface area contributed by atoms with Gasteiger partial charge in [-0.05, 0) is 60.5 Å². The normalized spacial score (nSPS) is 28.5. The highest BCUT2D eigenvalue weighted by Gasteiger charge is 2.41. The molecule has 0 aliphatic heterocycles. The van der Waals surface area contributed by atoms with Crippen LogP contribution in [0, 0.1) is 10.8 Å². The minimum absolute atomic E-state index is 0.0279. The molecule has 2 N–H and O–H groups in total. The first-order valence-electron chi connectivity index (χ1n) is 10.7. The van der Waals surface area contributed by atoms with Gasteiger partial charge in [0.1, 0.15) is 11.9 Å². The number of para-hydroxylation sites is 1. The highest BCUT2D eigenvalue weighted by atomic mass is 32.1. The summed E-state index contributed by atoms with van der Waals surface area (Å²) in [5, 5.41) is 7.41. The van der Waals surface area contributed by atoms with E-state index in [1.807, 2.05) is 48.6 Å². The lowest BCUT2D eigenvalue weighted by atomic mass is 9.62. The third-order valence-electron chi connectivity index (χ3n) is 5.67. The zero-order chi connectivity index (χ0) is 21.6. The van der Waals surface area contributed by atoms with Crippen molar-refractivity contribution < 1.29 is 9.47 Å². The molecule has 0 radical (unpaired) electrons. The summed E-state index contributed by atoms with van der Waals surface area (Å²) >= 11 is 10.1. The topological polar surface area (TPSA) is 42.5 Å². The summed E-state index contributed by atoms with van der Waals surface area (Å²) in [6, 6.07) is 10.1. The van der Waals surface area contributed by atoms with Gasteiger partial charge >= 0.3 is 0 Å². The molecule has 6 heteroatoms.